The van der Waals surface area contributed by atoms with Crippen LogP contribution in [-0.4, -0.2) is 66.8 Å². The number of thioether (sulfide) groups is 1. The van der Waals surface area contributed by atoms with E-state index in [1.807, 2.05) is 88.4 Å². The smallest absolute Gasteiger partial charge is 0.250 e. The quantitative estimate of drug-likeness (QED) is 0.473. The van der Waals surface area contributed by atoms with E-state index in [4.69, 9.17) is 0 Å². The maximum atomic E-state index is 14.6. The van der Waals surface area contributed by atoms with Crippen LogP contribution in [-0.2, 0) is 20.8 Å². The molecule has 3 amide bonds. The Morgan fingerprint density at radius 2 is 1.70 bits per heavy atom. The van der Waals surface area contributed by atoms with Gasteiger partial charge in [-0.15, -0.1) is 0 Å². The molecule has 0 saturated heterocycles. The molecule has 40 heavy (non-hydrogen) atoms. The van der Waals surface area contributed by atoms with Crippen molar-refractivity contribution in [2.45, 2.75) is 70.5 Å². The molecule has 0 radical (unpaired) electrons. The number of hydrogen-bond donors (Lipinski definition) is 2. The molecule has 0 bridgehead atoms. The molecule has 2 aliphatic heterocycles. The molecule has 8 nitrogen and oxygen atoms in total. The third kappa shape index (κ3) is 6.00. The van der Waals surface area contributed by atoms with Crippen molar-refractivity contribution in [2.75, 3.05) is 6.54 Å². The van der Waals surface area contributed by atoms with Gasteiger partial charge in [0, 0.05) is 24.8 Å². The van der Waals surface area contributed by atoms with Gasteiger partial charge in [-0.2, -0.15) is 0 Å². The van der Waals surface area contributed by atoms with E-state index in [0.717, 1.165) is 5.56 Å². The van der Waals surface area contributed by atoms with Crippen molar-refractivity contribution in [1.82, 2.24) is 15.1 Å². The second kappa shape index (κ2) is 11.6. The van der Waals surface area contributed by atoms with Crippen molar-refractivity contribution in [3.05, 3.63) is 78.0 Å². The second-order valence-electron chi connectivity index (χ2n) is 11.3. The topological polar surface area (TPSA) is 102 Å². The molecule has 2 N–H and O–H groups in total. The third-order valence-corrected chi connectivity index (χ3v) is 8.43. The summed E-state index contributed by atoms with van der Waals surface area (Å²) in [4.78, 5) is 47.8. The first kappa shape index (κ1) is 29.6. The molecule has 9 heteroatoms. The predicted molar refractivity (Wildman–Crippen MR) is 159 cm³/mol. The van der Waals surface area contributed by atoms with Gasteiger partial charge < -0.3 is 15.3 Å². The molecule has 0 saturated carbocycles. The Morgan fingerprint density at radius 1 is 1.10 bits per heavy atom. The van der Waals surface area contributed by atoms with Crippen LogP contribution in [0.5, 0.6) is 0 Å². The number of amides is 3. The first-order valence-corrected chi connectivity index (χ1v) is 14.3. The number of carbonyl (C=O) groups is 3. The highest BCUT2D eigenvalue weighted by molar-refractivity contribution is 8.15. The zero-order valence-corrected chi connectivity index (χ0v) is 24.7. The van der Waals surface area contributed by atoms with Crippen LogP contribution in [0.3, 0.4) is 0 Å². The van der Waals surface area contributed by atoms with E-state index in [2.05, 4.69) is 10.3 Å². The number of carbonyl (C=O) groups excluding carboxylic acids is 3. The lowest BCUT2D eigenvalue weighted by Crippen LogP contribution is -2.69. The van der Waals surface area contributed by atoms with Crippen LogP contribution < -0.4 is 5.32 Å². The molecular formula is C31H38N4O4S. The summed E-state index contributed by atoms with van der Waals surface area (Å²) in [5, 5.41) is 15.7. The summed E-state index contributed by atoms with van der Waals surface area (Å²) in [6.45, 7) is 11.1. The maximum Gasteiger partial charge on any atom is 0.250 e. The molecule has 2 aromatic rings. The number of rotatable bonds is 8. The molecule has 212 valence electrons. The summed E-state index contributed by atoms with van der Waals surface area (Å²) in [5.74, 6) is -1.25. The van der Waals surface area contributed by atoms with Gasteiger partial charge >= 0.3 is 0 Å². The number of nitrogens with one attached hydrogen (secondary N) is 1. The fourth-order valence-electron chi connectivity index (χ4n) is 5.29. The van der Waals surface area contributed by atoms with Crippen LogP contribution in [0.2, 0.25) is 0 Å². The summed E-state index contributed by atoms with van der Waals surface area (Å²) in [7, 11) is 0. The molecule has 0 aromatic heterocycles. The van der Waals surface area contributed by atoms with Crippen LogP contribution in [0.25, 0.3) is 5.70 Å². The van der Waals surface area contributed by atoms with Crippen molar-refractivity contribution in [1.29, 1.82) is 0 Å². The Morgan fingerprint density at radius 3 is 2.20 bits per heavy atom. The predicted octanol–water partition coefficient (Wildman–Crippen LogP) is 4.06. The lowest BCUT2D eigenvalue weighted by atomic mass is 9.89. The van der Waals surface area contributed by atoms with Gasteiger partial charge in [0.15, 0.2) is 0 Å². The number of aliphatic hydroxyl groups is 1. The van der Waals surface area contributed by atoms with Gasteiger partial charge in [0.1, 0.15) is 11.1 Å². The van der Waals surface area contributed by atoms with Crippen molar-refractivity contribution in [2.24, 2.45) is 10.9 Å². The lowest BCUT2D eigenvalue weighted by Gasteiger charge is -2.48. The lowest BCUT2D eigenvalue weighted by molar-refractivity contribution is -0.148. The summed E-state index contributed by atoms with van der Waals surface area (Å²) in [5.41, 5.74) is 0.0393. The minimum absolute atomic E-state index is 0.212. The zero-order chi connectivity index (χ0) is 29.2. The molecule has 0 aliphatic carbocycles. The van der Waals surface area contributed by atoms with Gasteiger partial charge in [0.25, 0.3) is 5.91 Å². The van der Waals surface area contributed by atoms with Gasteiger partial charge in [-0.3, -0.25) is 24.3 Å². The van der Waals surface area contributed by atoms with E-state index in [0.29, 0.717) is 22.8 Å². The van der Waals surface area contributed by atoms with Crippen molar-refractivity contribution in [3.63, 3.8) is 0 Å². The highest BCUT2D eigenvalue weighted by atomic mass is 32.2. The highest BCUT2D eigenvalue weighted by Gasteiger charge is 2.54. The Kier molecular flexibility index (Phi) is 8.56. The monoisotopic (exact) mass is 562 g/mol. The summed E-state index contributed by atoms with van der Waals surface area (Å²) in [6.07, 6.45) is 1.92. The fourth-order valence-corrected chi connectivity index (χ4v) is 6.41. The number of benzene rings is 2. The van der Waals surface area contributed by atoms with E-state index in [-0.39, 0.29) is 28.9 Å². The molecule has 2 unspecified atom stereocenters. The fraction of sp³-hybridized carbons (Fsp3) is 0.419. The van der Waals surface area contributed by atoms with Gasteiger partial charge in [-0.25, -0.2) is 0 Å². The summed E-state index contributed by atoms with van der Waals surface area (Å²) < 4.78 is -0.297. The normalized spacial score (nSPS) is 21.0. The number of nitrogens with zero attached hydrogens (tertiary/aromatic N) is 3. The maximum absolute atomic E-state index is 14.6. The molecule has 0 spiro atoms. The van der Waals surface area contributed by atoms with E-state index < -0.39 is 23.7 Å². The van der Waals surface area contributed by atoms with Gasteiger partial charge in [-0.05, 0) is 37.3 Å². The SMILES string of the molecule is CC(=O)NC(O)(C1=NCC(C)(C)S1)[C@H](Cc1ccccc1)N1C(=O)C(C(C)C)N(C(C)=O)C=C1c1ccccc1. The van der Waals surface area contributed by atoms with E-state index in [1.165, 1.54) is 30.5 Å². The first-order valence-electron chi connectivity index (χ1n) is 13.5. The highest BCUT2D eigenvalue weighted by Crippen LogP contribution is 2.41. The Balaban J connectivity index is 1.99. The number of hydrogen-bond acceptors (Lipinski definition) is 6. The summed E-state index contributed by atoms with van der Waals surface area (Å²) >= 11 is 1.39. The summed E-state index contributed by atoms with van der Waals surface area (Å²) in [6, 6.07) is 17.1. The Bertz CT molecular complexity index is 1330. The molecular weight excluding hydrogens is 524 g/mol. The van der Waals surface area contributed by atoms with Gasteiger partial charge in [0.05, 0.1) is 18.3 Å². The van der Waals surface area contributed by atoms with Crippen molar-refractivity contribution in [3.8, 4) is 0 Å². The standard InChI is InChI=1S/C31H38N4O4S/c1-20(2)27-28(38)35(25(18-34(27)22(4)37)24-15-11-8-12-16-24)26(17-23-13-9-7-10-14-23)31(39,33-21(3)36)29-32-19-30(5,6)40-29/h7-16,18,20,26-27,39H,17,19H2,1-6H3,(H,33,36)/t26-,27?,31?/m0/s1. The molecule has 0 fully saturated rings. The van der Waals surface area contributed by atoms with Crippen LogP contribution in [0, 0.1) is 5.92 Å². The van der Waals surface area contributed by atoms with E-state index in [9.17, 15) is 19.5 Å². The first-order chi connectivity index (χ1) is 18.8. The minimum Gasteiger partial charge on any atom is -0.364 e. The largest absolute Gasteiger partial charge is 0.364 e. The Labute approximate surface area is 240 Å². The minimum atomic E-state index is -2.00. The van der Waals surface area contributed by atoms with Crippen molar-refractivity contribution >= 4 is 40.2 Å². The zero-order valence-electron chi connectivity index (χ0n) is 23.9. The average molecular weight is 563 g/mol. The molecule has 4 rings (SSSR count). The van der Waals surface area contributed by atoms with Crippen LogP contribution in [0.15, 0.2) is 71.9 Å². The van der Waals surface area contributed by atoms with Crippen LogP contribution >= 0.6 is 11.8 Å². The molecule has 2 aliphatic rings. The molecule has 2 heterocycles. The van der Waals surface area contributed by atoms with Crippen LogP contribution in [0.4, 0.5) is 0 Å². The van der Waals surface area contributed by atoms with Gasteiger partial charge in [0.2, 0.25) is 17.5 Å². The average Bonchev–Trinajstić information content (AvgIpc) is 3.27. The van der Waals surface area contributed by atoms with Gasteiger partial charge in [-0.1, -0.05) is 86.3 Å². The molecule has 3 atom stereocenters. The number of aliphatic imine (C=N–C) groups is 1. The van der Waals surface area contributed by atoms with Crippen LogP contribution in [0.1, 0.15) is 52.7 Å². The third-order valence-electron chi connectivity index (χ3n) is 7.11. The van der Waals surface area contributed by atoms with E-state index >= 15 is 0 Å². The molecule has 2 aromatic carbocycles. The second-order valence-corrected chi connectivity index (χ2v) is 13.0. The van der Waals surface area contributed by atoms with E-state index in [1.54, 1.807) is 11.1 Å². The Hall–Kier alpha value is -3.43. The van der Waals surface area contributed by atoms with Crippen molar-refractivity contribution < 1.29 is 19.5 Å².